The van der Waals surface area contributed by atoms with E-state index >= 15 is 0 Å². The molecule has 24 heavy (non-hydrogen) atoms. The van der Waals surface area contributed by atoms with E-state index in [9.17, 15) is 4.79 Å². The zero-order chi connectivity index (χ0) is 17.1. The van der Waals surface area contributed by atoms with Crippen molar-refractivity contribution >= 4 is 28.3 Å². The van der Waals surface area contributed by atoms with E-state index in [1.165, 1.54) is 0 Å². The molecule has 0 bridgehead atoms. The molecule has 0 spiro atoms. The first-order valence-corrected chi connectivity index (χ1v) is 7.60. The molecule has 1 amide bonds. The maximum atomic E-state index is 11.4. The van der Waals surface area contributed by atoms with Crippen molar-refractivity contribution in [3.05, 3.63) is 65.2 Å². The molecule has 4 nitrogen and oxygen atoms in total. The maximum absolute atomic E-state index is 11.4. The van der Waals surface area contributed by atoms with Crippen LogP contribution in [0.2, 0.25) is 5.02 Å². The lowest BCUT2D eigenvalue weighted by molar-refractivity contribution is 0.100. The molecule has 0 saturated carbocycles. The number of amides is 1. The third kappa shape index (κ3) is 3.03. The number of hydrogen-bond donors (Lipinski definition) is 1. The van der Waals surface area contributed by atoms with Crippen LogP contribution in [0.25, 0.3) is 21.9 Å². The van der Waals surface area contributed by atoms with Crippen LogP contribution >= 0.6 is 11.6 Å². The van der Waals surface area contributed by atoms with Crippen LogP contribution in [0.15, 0.2) is 54.6 Å². The minimum Gasteiger partial charge on any atom is -0.478 e. The van der Waals surface area contributed by atoms with Gasteiger partial charge >= 0.3 is 0 Å². The average molecular weight is 337 g/mol. The van der Waals surface area contributed by atoms with Crippen molar-refractivity contribution < 1.29 is 9.53 Å². The highest BCUT2D eigenvalue weighted by Crippen LogP contribution is 2.38. The summed E-state index contributed by atoms with van der Waals surface area (Å²) in [6.45, 7) is -0.0501. The van der Waals surface area contributed by atoms with Crippen LogP contribution in [0.1, 0.15) is 10.4 Å². The van der Waals surface area contributed by atoms with E-state index in [1.54, 1.807) is 30.3 Å². The van der Waals surface area contributed by atoms with Gasteiger partial charge in [-0.05, 0) is 46.7 Å². The number of carbonyl (C=O) groups excluding carboxylic acids is 1. The monoisotopic (exact) mass is 336 g/mol. The molecule has 0 aliphatic heterocycles. The largest absolute Gasteiger partial charge is 0.478 e. The van der Waals surface area contributed by atoms with Gasteiger partial charge < -0.3 is 10.5 Å². The fourth-order valence-corrected chi connectivity index (χ4v) is 2.73. The maximum Gasteiger partial charge on any atom is 0.248 e. The summed E-state index contributed by atoms with van der Waals surface area (Å²) in [5, 5.41) is 11.2. The lowest BCUT2D eigenvalue weighted by Gasteiger charge is -2.14. The number of nitriles is 1. The minimum atomic E-state index is -0.477. The highest BCUT2D eigenvalue weighted by Gasteiger charge is 2.13. The molecule has 0 fully saturated rings. The first-order chi connectivity index (χ1) is 11.6. The number of hydrogen-bond acceptors (Lipinski definition) is 3. The third-order valence-electron chi connectivity index (χ3n) is 3.69. The van der Waals surface area contributed by atoms with Crippen molar-refractivity contribution in [2.75, 3.05) is 6.61 Å². The standard InChI is InChI=1S/C19H13ClN2O2/c20-15-5-1-12(2-6-15)18-16-7-3-14(19(22)23)11-13(16)4-8-17(18)24-10-9-21/h1-8,11H,10H2,(H2,22,23). The molecule has 3 aromatic rings. The molecule has 3 rings (SSSR count). The molecule has 0 aliphatic rings. The van der Waals surface area contributed by atoms with Crippen molar-refractivity contribution in [1.29, 1.82) is 5.26 Å². The van der Waals surface area contributed by atoms with Gasteiger partial charge in [0.15, 0.2) is 6.61 Å². The first kappa shape index (κ1) is 15.9. The Bertz CT molecular complexity index is 960. The lowest BCUT2D eigenvalue weighted by atomic mass is 9.96. The van der Waals surface area contributed by atoms with Crippen molar-refractivity contribution in [2.45, 2.75) is 0 Å². The average Bonchev–Trinajstić information content (AvgIpc) is 2.59. The highest BCUT2D eigenvalue weighted by atomic mass is 35.5. The van der Waals surface area contributed by atoms with Crippen LogP contribution in [0.5, 0.6) is 5.75 Å². The SMILES string of the molecule is N#CCOc1ccc2cc(C(N)=O)ccc2c1-c1ccc(Cl)cc1. The van der Waals surface area contributed by atoms with Gasteiger partial charge in [0, 0.05) is 16.1 Å². The Balaban J connectivity index is 2.25. The molecule has 5 heteroatoms. The van der Waals surface area contributed by atoms with Crippen molar-refractivity contribution in [1.82, 2.24) is 0 Å². The molecule has 3 aromatic carbocycles. The second kappa shape index (κ2) is 6.61. The third-order valence-corrected chi connectivity index (χ3v) is 3.94. The van der Waals surface area contributed by atoms with Crippen LogP contribution in [-0.2, 0) is 0 Å². The van der Waals surface area contributed by atoms with E-state index in [0.29, 0.717) is 16.3 Å². The van der Waals surface area contributed by atoms with E-state index in [2.05, 4.69) is 0 Å². The summed E-state index contributed by atoms with van der Waals surface area (Å²) in [5.74, 6) is 0.118. The van der Waals surface area contributed by atoms with E-state index in [1.807, 2.05) is 30.3 Å². The Morgan fingerprint density at radius 1 is 1.12 bits per heavy atom. The molecule has 118 valence electrons. The molecule has 0 radical (unpaired) electrons. The van der Waals surface area contributed by atoms with Crippen LogP contribution in [0, 0.1) is 11.3 Å². The number of carbonyl (C=O) groups is 1. The van der Waals surface area contributed by atoms with Gasteiger partial charge in [-0.3, -0.25) is 4.79 Å². The number of primary amides is 1. The molecule has 0 unspecified atom stereocenters. The molecule has 2 N–H and O–H groups in total. The van der Waals surface area contributed by atoms with Gasteiger partial charge in [-0.2, -0.15) is 5.26 Å². The van der Waals surface area contributed by atoms with Gasteiger partial charge in [-0.25, -0.2) is 0 Å². The van der Waals surface area contributed by atoms with E-state index in [4.69, 9.17) is 27.3 Å². The summed E-state index contributed by atoms with van der Waals surface area (Å²) in [7, 11) is 0. The number of nitrogens with two attached hydrogens (primary N) is 1. The summed E-state index contributed by atoms with van der Waals surface area (Å²) in [4.78, 5) is 11.4. The molecular weight excluding hydrogens is 324 g/mol. The lowest BCUT2D eigenvalue weighted by Crippen LogP contribution is -2.10. The topological polar surface area (TPSA) is 76.1 Å². The molecule has 0 heterocycles. The van der Waals surface area contributed by atoms with Gasteiger partial charge in [-0.15, -0.1) is 0 Å². The predicted molar refractivity (Wildman–Crippen MR) is 94.0 cm³/mol. The fourth-order valence-electron chi connectivity index (χ4n) is 2.61. The fraction of sp³-hybridized carbons (Fsp3) is 0.0526. The van der Waals surface area contributed by atoms with Gasteiger partial charge in [0.1, 0.15) is 11.8 Å². The van der Waals surface area contributed by atoms with Gasteiger partial charge in [0.25, 0.3) is 0 Å². The van der Waals surface area contributed by atoms with Crippen molar-refractivity contribution in [2.24, 2.45) is 5.73 Å². The number of ether oxygens (including phenoxy) is 1. The molecule has 0 aliphatic carbocycles. The highest BCUT2D eigenvalue weighted by molar-refractivity contribution is 6.30. The summed E-state index contributed by atoms with van der Waals surface area (Å²) < 4.78 is 5.57. The van der Waals surface area contributed by atoms with Crippen LogP contribution in [0.3, 0.4) is 0 Å². The number of nitrogens with zero attached hydrogens (tertiary/aromatic N) is 1. The van der Waals surface area contributed by atoms with Crippen LogP contribution < -0.4 is 10.5 Å². The summed E-state index contributed by atoms with van der Waals surface area (Å²) >= 11 is 5.97. The quantitative estimate of drug-likeness (QED) is 0.777. The summed E-state index contributed by atoms with van der Waals surface area (Å²) in [6.07, 6.45) is 0. The Labute approximate surface area is 144 Å². The second-order valence-corrected chi connectivity index (χ2v) is 5.63. The molecular formula is C19H13ClN2O2. The molecule has 0 saturated heterocycles. The minimum absolute atomic E-state index is 0.0501. The molecule has 0 aromatic heterocycles. The van der Waals surface area contributed by atoms with Crippen molar-refractivity contribution in [3.8, 4) is 22.9 Å². The van der Waals surface area contributed by atoms with E-state index in [0.717, 1.165) is 21.9 Å². The van der Waals surface area contributed by atoms with Crippen LogP contribution in [0.4, 0.5) is 0 Å². The van der Waals surface area contributed by atoms with Crippen molar-refractivity contribution in [3.63, 3.8) is 0 Å². The second-order valence-electron chi connectivity index (χ2n) is 5.19. The number of halogens is 1. The number of benzene rings is 3. The zero-order valence-corrected chi connectivity index (χ0v) is 13.4. The van der Waals surface area contributed by atoms with Gasteiger partial charge in [0.2, 0.25) is 5.91 Å². The van der Waals surface area contributed by atoms with Gasteiger partial charge in [0.05, 0.1) is 0 Å². The predicted octanol–water partition coefficient (Wildman–Crippen LogP) is 4.16. The Hall–Kier alpha value is -3.03. The smallest absolute Gasteiger partial charge is 0.248 e. The van der Waals surface area contributed by atoms with Gasteiger partial charge in [-0.1, -0.05) is 35.9 Å². The molecule has 0 atom stereocenters. The Morgan fingerprint density at radius 2 is 1.88 bits per heavy atom. The zero-order valence-electron chi connectivity index (χ0n) is 12.6. The van der Waals surface area contributed by atoms with Crippen LogP contribution in [-0.4, -0.2) is 12.5 Å². The number of fused-ring (bicyclic) bond motifs is 1. The number of rotatable bonds is 4. The van der Waals surface area contributed by atoms with E-state index < -0.39 is 5.91 Å². The summed E-state index contributed by atoms with van der Waals surface area (Å²) in [5.41, 5.74) is 7.54. The first-order valence-electron chi connectivity index (χ1n) is 7.22. The Morgan fingerprint density at radius 3 is 2.54 bits per heavy atom. The Kier molecular flexibility index (Phi) is 4.37. The normalized spacial score (nSPS) is 10.3. The summed E-state index contributed by atoms with van der Waals surface area (Å²) in [6, 6.07) is 18.2. The van der Waals surface area contributed by atoms with E-state index in [-0.39, 0.29) is 6.61 Å².